The molecular formula is C28H34N4O4. The van der Waals surface area contributed by atoms with Gasteiger partial charge in [0.25, 0.3) is 5.69 Å². The summed E-state index contributed by atoms with van der Waals surface area (Å²) in [5.41, 5.74) is 2.03. The molecule has 2 aliphatic rings. The van der Waals surface area contributed by atoms with E-state index in [1.807, 2.05) is 23.1 Å². The van der Waals surface area contributed by atoms with E-state index in [1.165, 1.54) is 17.7 Å². The second-order valence-electron chi connectivity index (χ2n) is 9.58. The third kappa shape index (κ3) is 7.01. The Morgan fingerprint density at radius 2 is 1.61 bits per heavy atom. The Kier molecular flexibility index (Phi) is 8.84. The fraction of sp³-hybridized carbons (Fsp3) is 0.429. The molecule has 2 fully saturated rings. The van der Waals surface area contributed by atoms with Gasteiger partial charge in [0, 0.05) is 49.8 Å². The van der Waals surface area contributed by atoms with E-state index in [1.54, 1.807) is 24.3 Å². The standard InChI is InChI=1S/C28H34N4O4/c33-27(11-8-23-6-9-26(10-7-23)32(35)36)31-20-15-25(16-21-31)30-18-13-24(14-19-30)28(34)29-17-12-22-4-2-1-3-5-22/h1-11,24-25H,12-21H2,(H,29,34)/b11-8+. The summed E-state index contributed by atoms with van der Waals surface area (Å²) < 4.78 is 0. The summed E-state index contributed by atoms with van der Waals surface area (Å²) in [4.78, 5) is 39.9. The monoisotopic (exact) mass is 490 g/mol. The molecule has 2 aliphatic heterocycles. The Hall–Kier alpha value is -3.52. The summed E-state index contributed by atoms with van der Waals surface area (Å²) >= 11 is 0. The smallest absolute Gasteiger partial charge is 0.269 e. The van der Waals surface area contributed by atoms with Gasteiger partial charge in [-0.15, -0.1) is 0 Å². The van der Waals surface area contributed by atoms with Crippen molar-refractivity contribution in [2.75, 3.05) is 32.7 Å². The molecule has 8 heteroatoms. The number of nitro groups is 1. The van der Waals surface area contributed by atoms with Crippen LogP contribution in [0.2, 0.25) is 0 Å². The number of amides is 2. The predicted molar refractivity (Wildman–Crippen MR) is 139 cm³/mol. The number of benzene rings is 2. The van der Waals surface area contributed by atoms with Crippen molar-refractivity contribution in [3.63, 3.8) is 0 Å². The largest absolute Gasteiger partial charge is 0.356 e. The zero-order valence-corrected chi connectivity index (χ0v) is 20.6. The molecule has 2 saturated heterocycles. The highest BCUT2D eigenvalue weighted by Crippen LogP contribution is 2.24. The molecule has 8 nitrogen and oxygen atoms in total. The third-order valence-corrected chi connectivity index (χ3v) is 7.27. The number of non-ortho nitro benzene ring substituents is 1. The number of likely N-dealkylation sites (tertiary alicyclic amines) is 2. The van der Waals surface area contributed by atoms with Crippen molar-refractivity contribution in [1.82, 2.24) is 15.1 Å². The van der Waals surface area contributed by atoms with Gasteiger partial charge < -0.3 is 15.1 Å². The first-order valence-corrected chi connectivity index (χ1v) is 12.8. The van der Waals surface area contributed by atoms with Crippen molar-refractivity contribution in [1.29, 1.82) is 0 Å². The molecule has 0 radical (unpaired) electrons. The molecule has 1 N–H and O–H groups in total. The maximum Gasteiger partial charge on any atom is 0.269 e. The molecule has 0 atom stereocenters. The van der Waals surface area contributed by atoms with Crippen molar-refractivity contribution in [2.45, 2.75) is 38.1 Å². The minimum absolute atomic E-state index is 0.0299. The van der Waals surface area contributed by atoms with E-state index in [-0.39, 0.29) is 23.4 Å². The number of hydrogen-bond acceptors (Lipinski definition) is 5. The summed E-state index contributed by atoms with van der Waals surface area (Å²) in [6, 6.07) is 16.8. The van der Waals surface area contributed by atoms with E-state index in [4.69, 9.17) is 0 Å². The lowest BCUT2D eigenvalue weighted by Crippen LogP contribution is -2.50. The Morgan fingerprint density at radius 3 is 2.25 bits per heavy atom. The van der Waals surface area contributed by atoms with Gasteiger partial charge in [0.1, 0.15) is 0 Å². The van der Waals surface area contributed by atoms with Gasteiger partial charge in [-0.3, -0.25) is 19.7 Å². The number of carbonyl (C=O) groups is 2. The molecule has 4 rings (SSSR count). The zero-order chi connectivity index (χ0) is 25.3. The highest BCUT2D eigenvalue weighted by atomic mass is 16.6. The molecule has 2 amide bonds. The minimum Gasteiger partial charge on any atom is -0.356 e. The third-order valence-electron chi connectivity index (χ3n) is 7.27. The van der Waals surface area contributed by atoms with Crippen LogP contribution in [0.15, 0.2) is 60.7 Å². The highest BCUT2D eigenvalue weighted by Gasteiger charge is 2.31. The van der Waals surface area contributed by atoms with E-state index >= 15 is 0 Å². The molecule has 190 valence electrons. The Morgan fingerprint density at radius 1 is 0.944 bits per heavy atom. The molecule has 36 heavy (non-hydrogen) atoms. The van der Waals surface area contributed by atoms with E-state index in [2.05, 4.69) is 22.3 Å². The molecule has 0 bridgehead atoms. The summed E-state index contributed by atoms with van der Waals surface area (Å²) in [6.45, 7) is 3.96. The number of nitro benzene ring substituents is 1. The van der Waals surface area contributed by atoms with E-state index in [0.29, 0.717) is 25.7 Å². The maximum absolute atomic E-state index is 12.6. The molecule has 2 aromatic rings. The van der Waals surface area contributed by atoms with Crippen molar-refractivity contribution in [3.05, 3.63) is 81.9 Å². The van der Waals surface area contributed by atoms with Crippen LogP contribution in [0.5, 0.6) is 0 Å². The molecule has 0 spiro atoms. The lowest BCUT2D eigenvalue weighted by Gasteiger charge is -2.41. The van der Waals surface area contributed by atoms with Gasteiger partial charge in [0.2, 0.25) is 11.8 Å². The Labute approximate surface area is 212 Å². The number of rotatable bonds is 8. The van der Waals surface area contributed by atoms with Crippen LogP contribution in [0.3, 0.4) is 0 Å². The van der Waals surface area contributed by atoms with Crippen LogP contribution in [-0.2, 0) is 16.0 Å². The predicted octanol–water partition coefficient (Wildman–Crippen LogP) is 3.67. The van der Waals surface area contributed by atoms with Gasteiger partial charge in [-0.1, -0.05) is 30.3 Å². The summed E-state index contributed by atoms with van der Waals surface area (Å²) in [5, 5.41) is 13.9. The van der Waals surface area contributed by atoms with Crippen LogP contribution < -0.4 is 5.32 Å². The van der Waals surface area contributed by atoms with Crippen molar-refractivity contribution in [2.24, 2.45) is 5.92 Å². The average molecular weight is 491 g/mol. The average Bonchev–Trinajstić information content (AvgIpc) is 2.92. The summed E-state index contributed by atoms with van der Waals surface area (Å²) in [7, 11) is 0. The molecule has 0 saturated carbocycles. The topological polar surface area (TPSA) is 95.8 Å². The van der Waals surface area contributed by atoms with Gasteiger partial charge in [-0.2, -0.15) is 0 Å². The quantitative estimate of drug-likeness (QED) is 0.346. The van der Waals surface area contributed by atoms with Gasteiger partial charge in [-0.05, 0) is 74.5 Å². The number of hydrogen-bond donors (Lipinski definition) is 1. The first kappa shape index (κ1) is 25.6. The maximum atomic E-state index is 12.6. The Balaban J connectivity index is 1.15. The van der Waals surface area contributed by atoms with Crippen LogP contribution in [0.1, 0.15) is 36.8 Å². The first-order chi connectivity index (χ1) is 17.5. The lowest BCUT2D eigenvalue weighted by atomic mass is 9.92. The number of piperidine rings is 2. The van der Waals surface area contributed by atoms with Crippen LogP contribution in [-0.4, -0.2) is 65.3 Å². The van der Waals surface area contributed by atoms with Crippen LogP contribution >= 0.6 is 0 Å². The molecule has 0 aliphatic carbocycles. The van der Waals surface area contributed by atoms with Crippen LogP contribution in [0.25, 0.3) is 6.08 Å². The molecule has 2 heterocycles. The number of nitrogens with one attached hydrogen (secondary N) is 1. The van der Waals surface area contributed by atoms with Crippen molar-refractivity contribution in [3.8, 4) is 0 Å². The second kappa shape index (κ2) is 12.4. The van der Waals surface area contributed by atoms with Gasteiger partial charge in [0.15, 0.2) is 0 Å². The molecular weight excluding hydrogens is 456 g/mol. The fourth-order valence-electron chi connectivity index (χ4n) is 5.08. The highest BCUT2D eigenvalue weighted by molar-refractivity contribution is 5.91. The molecule has 0 unspecified atom stereocenters. The van der Waals surface area contributed by atoms with Gasteiger partial charge >= 0.3 is 0 Å². The summed E-state index contributed by atoms with van der Waals surface area (Å²) in [5.74, 6) is 0.228. The fourth-order valence-corrected chi connectivity index (χ4v) is 5.08. The van der Waals surface area contributed by atoms with E-state index in [9.17, 15) is 19.7 Å². The first-order valence-electron chi connectivity index (χ1n) is 12.8. The minimum atomic E-state index is -0.437. The van der Waals surface area contributed by atoms with E-state index in [0.717, 1.165) is 50.8 Å². The van der Waals surface area contributed by atoms with Crippen LogP contribution in [0, 0.1) is 16.0 Å². The normalized spacial score (nSPS) is 17.8. The van der Waals surface area contributed by atoms with E-state index < -0.39 is 4.92 Å². The number of nitrogens with zero attached hydrogens (tertiary/aromatic N) is 3. The van der Waals surface area contributed by atoms with Gasteiger partial charge in [0.05, 0.1) is 4.92 Å². The van der Waals surface area contributed by atoms with Crippen molar-refractivity contribution < 1.29 is 14.5 Å². The van der Waals surface area contributed by atoms with Crippen LogP contribution in [0.4, 0.5) is 5.69 Å². The SMILES string of the molecule is O=C(NCCc1ccccc1)C1CCN(C2CCN(C(=O)/C=C/c3ccc([N+](=O)[O-])cc3)CC2)CC1. The molecule has 2 aromatic carbocycles. The van der Waals surface area contributed by atoms with Gasteiger partial charge in [-0.25, -0.2) is 0 Å². The lowest BCUT2D eigenvalue weighted by molar-refractivity contribution is -0.384. The summed E-state index contributed by atoms with van der Waals surface area (Å²) in [6.07, 6.45) is 7.74. The number of carbonyl (C=O) groups excluding carboxylic acids is 2. The van der Waals surface area contributed by atoms with Crippen molar-refractivity contribution >= 4 is 23.6 Å². The second-order valence-corrected chi connectivity index (χ2v) is 9.58. The zero-order valence-electron chi connectivity index (χ0n) is 20.6. The molecule has 0 aromatic heterocycles. The Bertz CT molecular complexity index is 1050.